The second kappa shape index (κ2) is 9.61. The highest BCUT2D eigenvalue weighted by atomic mass is 16.5. The predicted octanol–water partition coefficient (Wildman–Crippen LogP) is 3.15. The fourth-order valence-corrected chi connectivity index (χ4v) is 4.29. The number of nitrogens with two attached hydrogens (primary N) is 1. The molecule has 0 bridgehead atoms. The summed E-state index contributed by atoms with van der Waals surface area (Å²) in [7, 11) is 2.21. The number of aliphatic imine (C=N–C) groups is 1. The van der Waals surface area contributed by atoms with Gasteiger partial charge in [-0.3, -0.25) is 9.89 Å². The largest absolute Gasteiger partial charge is 0.491 e. The van der Waals surface area contributed by atoms with E-state index < -0.39 is 0 Å². The third-order valence-corrected chi connectivity index (χ3v) is 5.99. The van der Waals surface area contributed by atoms with Crippen LogP contribution in [0.4, 0.5) is 5.69 Å². The first-order chi connectivity index (χ1) is 13.5. The first-order valence-corrected chi connectivity index (χ1v) is 10.7. The van der Waals surface area contributed by atoms with Crippen molar-refractivity contribution in [1.82, 2.24) is 9.80 Å². The summed E-state index contributed by atoms with van der Waals surface area (Å²) in [5.41, 5.74) is 7.33. The van der Waals surface area contributed by atoms with Crippen LogP contribution in [-0.2, 0) is 0 Å². The number of hydrogen-bond donors (Lipinski definition) is 2. The van der Waals surface area contributed by atoms with Crippen LogP contribution in [0.2, 0.25) is 0 Å². The maximum atomic E-state index is 6.24. The number of piperidine rings is 2. The van der Waals surface area contributed by atoms with E-state index in [4.69, 9.17) is 15.5 Å². The lowest BCUT2D eigenvalue weighted by atomic mass is 9.84. The van der Waals surface area contributed by atoms with Gasteiger partial charge in [-0.05, 0) is 97.0 Å². The van der Waals surface area contributed by atoms with E-state index >= 15 is 0 Å². The average molecular weight is 388 g/mol. The number of guanidine groups is 1. The minimum atomic E-state index is 0.161. The van der Waals surface area contributed by atoms with Gasteiger partial charge in [0.05, 0.1) is 12.6 Å². The van der Waals surface area contributed by atoms with Crippen molar-refractivity contribution in [2.75, 3.05) is 45.1 Å². The van der Waals surface area contributed by atoms with Crippen molar-refractivity contribution in [2.24, 2.45) is 10.7 Å². The smallest absolute Gasteiger partial charge is 0.193 e. The summed E-state index contributed by atoms with van der Waals surface area (Å²) in [6.45, 7) is 9.49. The number of ether oxygens (including phenoxy) is 1. The van der Waals surface area contributed by atoms with E-state index in [0.717, 1.165) is 31.1 Å². The first kappa shape index (κ1) is 20.9. The molecule has 3 N–H and O–H groups in total. The van der Waals surface area contributed by atoms with E-state index in [0.29, 0.717) is 5.96 Å². The van der Waals surface area contributed by atoms with Gasteiger partial charge < -0.3 is 20.7 Å². The molecule has 0 radical (unpaired) electrons. The first-order valence-electron chi connectivity index (χ1n) is 10.7. The number of benzene rings is 1. The summed E-state index contributed by atoms with van der Waals surface area (Å²) in [6, 6.07) is 7.88. The SMILES string of the molecule is CC(C)Oc1ccc(NC(N)=NCC2(N3CCCCC3)CCN(C)CC2)cc1. The molecule has 6 heteroatoms. The van der Waals surface area contributed by atoms with E-state index in [1.54, 1.807) is 0 Å². The molecule has 0 amide bonds. The maximum absolute atomic E-state index is 6.24. The topological polar surface area (TPSA) is 66.1 Å². The fourth-order valence-electron chi connectivity index (χ4n) is 4.29. The molecule has 0 spiro atoms. The lowest BCUT2D eigenvalue weighted by Crippen LogP contribution is -2.58. The van der Waals surface area contributed by atoms with E-state index in [-0.39, 0.29) is 11.6 Å². The van der Waals surface area contributed by atoms with Crippen LogP contribution in [0.15, 0.2) is 29.3 Å². The Hall–Kier alpha value is -1.79. The number of rotatable bonds is 6. The number of hydrogen-bond acceptors (Lipinski definition) is 4. The van der Waals surface area contributed by atoms with Crippen molar-refractivity contribution in [3.63, 3.8) is 0 Å². The van der Waals surface area contributed by atoms with Crippen LogP contribution in [0, 0.1) is 0 Å². The van der Waals surface area contributed by atoms with Gasteiger partial charge in [-0.15, -0.1) is 0 Å². The summed E-state index contributed by atoms with van der Waals surface area (Å²) in [5, 5.41) is 3.23. The molecule has 0 saturated carbocycles. The number of anilines is 1. The fraction of sp³-hybridized carbons (Fsp3) is 0.682. The van der Waals surface area contributed by atoms with Crippen LogP contribution in [0.1, 0.15) is 46.0 Å². The molecule has 28 heavy (non-hydrogen) atoms. The van der Waals surface area contributed by atoms with Gasteiger partial charge in [-0.1, -0.05) is 6.42 Å². The Labute approximate surface area is 170 Å². The van der Waals surface area contributed by atoms with Crippen molar-refractivity contribution in [3.05, 3.63) is 24.3 Å². The Balaban J connectivity index is 1.63. The summed E-state index contributed by atoms with van der Waals surface area (Å²) >= 11 is 0. The molecule has 2 aliphatic heterocycles. The van der Waals surface area contributed by atoms with Crippen LogP contribution in [0.3, 0.4) is 0 Å². The minimum absolute atomic E-state index is 0.161. The highest BCUT2D eigenvalue weighted by molar-refractivity contribution is 5.92. The lowest BCUT2D eigenvalue weighted by Gasteiger charge is -2.49. The molecule has 0 unspecified atom stereocenters. The van der Waals surface area contributed by atoms with Crippen molar-refractivity contribution < 1.29 is 4.74 Å². The Morgan fingerprint density at radius 1 is 1.11 bits per heavy atom. The molecule has 2 fully saturated rings. The third kappa shape index (κ3) is 5.61. The van der Waals surface area contributed by atoms with Crippen LogP contribution in [0.25, 0.3) is 0 Å². The van der Waals surface area contributed by atoms with Gasteiger partial charge in [0.15, 0.2) is 5.96 Å². The van der Waals surface area contributed by atoms with Crippen LogP contribution in [0.5, 0.6) is 5.75 Å². The summed E-state index contributed by atoms with van der Waals surface area (Å²) in [4.78, 5) is 9.90. The van der Waals surface area contributed by atoms with Crippen molar-refractivity contribution in [2.45, 2.75) is 57.6 Å². The second-order valence-electron chi connectivity index (χ2n) is 8.59. The van der Waals surface area contributed by atoms with Gasteiger partial charge >= 0.3 is 0 Å². The third-order valence-electron chi connectivity index (χ3n) is 5.99. The number of likely N-dealkylation sites (tertiary alicyclic amines) is 2. The van der Waals surface area contributed by atoms with Gasteiger partial charge in [-0.25, -0.2) is 0 Å². The monoisotopic (exact) mass is 387 g/mol. The molecular formula is C22H37N5O. The molecular weight excluding hydrogens is 350 g/mol. The second-order valence-corrected chi connectivity index (χ2v) is 8.59. The summed E-state index contributed by atoms with van der Waals surface area (Å²) in [6.07, 6.45) is 6.48. The number of nitrogens with one attached hydrogen (secondary N) is 1. The van der Waals surface area contributed by atoms with Crippen LogP contribution in [-0.4, -0.2) is 67.2 Å². The zero-order chi connectivity index (χ0) is 20.0. The summed E-state index contributed by atoms with van der Waals surface area (Å²) < 4.78 is 5.69. The average Bonchev–Trinajstić information content (AvgIpc) is 2.70. The quantitative estimate of drug-likeness (QED) is 0.580. The predicted molar refractivity (Wildman–Crippen MR) is 117 cm³/mol. The number of nitrogens with zero attached hydrogens (tertiary/aromatic N) is 3. The zero-order valence-electron chi connectivity index (χ0n) is 17.8. The Kier molecular flexibility index (Phi) is 7.18. The molecule has 0 atom stereocenters. The van der Waals surface area contributed by atoms with Crippen molar-refractivity contribution >= 4 is 11.6 Å². The highest BCUT2D eigenvalue weighted by Gasteiger charge is 2.39. The van der Waals surface area contributed by atoms with Gasteiger partial charge in [0.1, 0.15) is 5.75 Å². The molecule has 156 valence electrons. The highest BCUT2D eigenvalue weighted by Crippen LogP contribution is 2.31. The Morgan fingerprint density at radius 2 is 1.75 bits per heavy atom. The van der Waals surface area contributed by atoms with E-state index in [1.807, 2.05) is 38.1 Å². The lowest BCUT2D eigenvalue weighted by molar-refractivity contribution is 0.0209. The molecule has 6 nitrogen and oxygen atoms in total. The molecule has 2 saturated heterocycles. The molecule has 1 aromatic carbocycles. The van der Waals surface area contributed by atoms with Crippen LogP contribution < -0.4 is 15.8 Å². The van der Waals surface area contributed by atoms with Crippen LogP contribution >= 0.6 is 0 Å². The van der Waals surface area contributed by atoms with Gasteiger partial charge in [0.25, 0.3) is 0 Å². The minimum Gasteiger partial charge on any atom is -0.491 e. The molecule has 2 heterocycles. The zero-order valence-corrected chi connectivity index (χ0v) is 17.8. The normalized spacial score (nSPS) is 21.6. The Morgan fingerprint density at radius 3 is 2.36 bits per heavy atom. The van der Waals surface area contributed by atoms with Gasteiger partial charge in [-0.2, -0.15) is 0 Å². The van der Waals surface area contributed by atoms with Gasteiger partial charge in [0.2, 0.25) is 0 Å². The molecule has 1 aromatic rings. The molecule has 0 aliphatic carbocycles. The molecule has 2 aliphatic rings. The van der Waals surface area contributed by atoms with Crippen molar-refractivity contribution in [1.29, 1.82) is 0 Å². The van der Waals surface area contributed by atoms with E-state index in [9.17, 15) is 0 Å². The van der Waals surface area contributed by atoms with Crippen molar-refractivity contribution in [3.8, 4) is 5.75 Å². The Bertz CT molecular complexity index is 629. The molecule has 3 rings (SSSR count). The molecule has 0 aromatic heterocycles. The summed E-state index contributed by atoms with van der Waals surface area (Å²) in [5.74, 6) is 1.36. The van der Waals surface area contributed by atoms with E-state index in [2.05, 4.69) is 22.2 Å². The van der Waals surface area contributed by atoms with Gasteiger partial charge in [0, 0.05) is 11.2 Å². The van der Waals surface area contributed by atoms with E-state index in [1.165, 1.54) is 45.2 Å². The standard InChI is InChI=1S/C22H37N5O/c1-18(2)28-20-9-7-19(8-10-20)25-21(23)24-17-22(11-15-26(3)16-12-22)27-13-5-4-6-14-27/h7-10,18H,4-6,11-17H2,1-3H3,(H3,23,24,25). The maximum Gasteiger partial charge on any atom is 0.193 e.